The maximum absolute atomic E-state index is 11.9. The summed E-state index contributed by atoms with van der Waals surface area (Å²) in [7, 11) is 0. The van der Waals surface area contributed by atoms with E-state index in [2.05, 4.69) is 6.58 Å². The SMILES string of the molecule is C=C(CC)Cn1c(=O)c(C#N)cn(CC)c1=O. The molecule has 17 heavy (non-hydrogen) atoms. The zero-order valence-corrected chi connectivity index (χ0v) is 10.1. The van der Waals surface area contributed by atoms with E-state index in [0.717, 1.165) is 10.1 Å². The second kappa shape index (κ2) is 5.30. The van der Waals surface area contributed by atoms with Gasteiger partial charge in [0.2, 0.25) is 0 Å². The zero-order chi connectivity index (χ0) is 13.0. The molecule has 0 spiro atoms. The molecular formula is C12H15N3O2. The van der Waals surface area contributed by atoms with Crippen molar-refractivity contribution in [3.05, 3.63) is 44.8 Å². The maximum atomic E-state index is 11.9. The Morgan fingerprint density at radius 3 is 2.59 bits per heavy atom. The average molecular weight is 233 g/mol. The molecule has 0 aromatic carbocycles. The summed E-state index contributed by atoms with van der Waals surface area (Å²) in [6.45, 7) is 8.05. The Morgan fingerprint density at radius 1 is 1.47 bits per heavy atom. The van der Waals surface area contributed by atoms with Crippen LogP contribution in [0.25, 0.3) is 0 Å². The fourth-order valence-corrected chi connectivity index (χ4v) is 1.43. The minimum atomic E-state index is -0.545. The monoisotopic (exact) mass is 233 g/mol. The highest BCUT2D eigenvalue weighted by Crippen LogP contribution is 1.98. The number of rotatable bonds is 4. The molecule has 1 heterocycles. The van der Waals surface area contributed by atoms with E-state index in [9.17, 15) is 9.59 Å². The van der Waals surface area contributed by atoms with E-state index >= 15 is 0 Å². The average Bonchev–Trinajstić information content (AvgIpc) is 2.34. The highest BCUT2D eigenvalue weighted by Gasteiger charge is 2.10. The van der Waals surface area contributed by atoms with Crippen molar-refractivity contribution >= 4 is 0 Å². The molecule has 1 rings (SSSR count). The van der Waals surface area contributed by atoms with Crippen molar-refractivity contribution in [2.75, 3.05) is 0 Å². The van der Waals surface area contributed by atoms with Crippen LogP contribution in [0.15, 0.2) is 27.9 Å². The first-order valence-corrected chi connectivity index (χ1v) is 5.46. The Morgan fingerprint density at radius 2 is 2.12 bits per heavy atom. The van der Waals surface area contributed by atoms with Gasteiger partial charge in [-0.25, -0.2) is 4.79 Å². The van der Waals surface area contributed by atoms with Crippen LogP contribution in [-0.4, -0.2) is 9.13 Å². The fraction of sp³-hybridized carbons (Fsp3) is 0.417. The molecule has 5 nitrogen and oxygen atoms in total. The van der Waals surface area contributed by atoms with Crippen LogP contribution in [-0.2, 0) is 13.1 Å². The number of nitrogens with zero attached hydrogens (tertiary/aromatic N) is 3. The van der Waals surface area contributed by atoms with E-state index in [-0.39, 0.29) is 12.1 Å². The van der Waals surface area contributed by atoms with Gasteiger partial charge in [0.15, 0.2) is 0 Å². The van der Waals surface area contributed by atoms with Crippen LogP contribution in [0.4, 0.5) is 0 Å². The molecular weight excluding hydrogens is 218 g/mol. The highest BCUT2D eigenvalue weighted by atomic mass is 16.2. The summed E-state index contributed by atoms with van der Waals surface area (Å²) in [6.07, 6.45) is 1.99. The summed E-state index contributed by atoms with van der Waals surface area (Å²) < 4.78 is 2.41. The standard InChI is InChI=1S/C12H15N3O2/c1-4-9(3)7-15-11(16)10(6-13)8-14(5-2)12(15)17/h8H,3-5,7H2,1-2H3. The number of allylic oxidation sites excluding steroid dienone is 1. The lowest BCUT2D eigenvalue weighted by molar-refractivity contribution is 0.589. The molecule has 0 fully saturated rings. The van der Waals surface area contributed by atoms with Gasteiger partial charge in [-0.1, -0.05) is 19.1 Å². The Kier molecular flexibility index (Phi) is 4.05. The van der Waals surface area contributed by atoms with Gasteiger partial charge in [0, 0.05) is 12.7 Å². The second-order valence-corrected chi connectivity index (χ2v) is 3.72. The van der Waals surface area contributed by atoms with Gasteiger partial charge in [-0.15, -0.1) is 0 Å². The molecule has 0 amide bonds. The van der Waals surface area contributed by atoms with Crippen molar-refractivity contribution in [3.63, 3.8) is 0 Å². The first-order valence-electron chi connectivity index (χ1n) is 5.46. The molecule has 0 saturated carbocycles. The van der Waals surface area contributed by atoms with Crippen molar-refractivity contribution in [2.24, 2.45) is 0 Å². The van der Waals surface area contributed by atoms with E-state index in [1.165, 1.54) is 10.8 Å². The van der Waals surface area contributed by atoms with Gasteiger partial charge in [-0.3, -0.25) is 13.9 Å². The predicted molar refractivity (Wildman–Crippen MR) is 64.8 cm³/mol. The zero-order valence-electron chi connectivity index (χ0n) is 10.1. The van der Waals surface area contributed by atoms with Crippen LogP contribution in [0.5, 0.6) is 0 Å². The topological polar surface area (TPSA) is 67.8 Å². The van der Waals surface area contributed by atoms with E-state index in [0.29, 0.717) is 13.0 Å². The molecule has 5 heteroatoms. The molecule has 90 valence electrons. The van der Waals surface area contributed by atoms with Gasteiger partial charge in [0.25, 0.3) is 5.56 Å². The van der Waals surface area contributed by atoms with Gasteiger partial charge >= 0.3 is 5.69 Å². The summed E-state index contributed by atoms with van der Waals surface area (Å²) in [6, 6.07) is 1.81. The summed E-state index contributed by atoms with van der Waals surface area (Å²) in [4.78, 5) is 23.7. The van der Waals surface area contributed by atoms with Crippen molar-refractivity contribution in [1.82, 2.24) is 9.13 Å². The smallest absolute Gasteiger partial charge is 0.299 e. The van der Waals surface area contributed by atoms with E-state index < -0.39 is 11.2 Å². The normalized spacial score (nSPS) is 9.94. The minimum Gasteiger partial charge on any atom is -0.299 e. The first kappa shape index (κ1) is 13.0. The van der Waals surface area contributed by atoms with Crippen molar-refractivity contribution in [3.8, 4) is 6.07 Å². The quantitative estimate of drug-likeness (QED) is 0.724. The molecule has 0 N–H and O–H groups in total. The Labute approximate surface area is 99.2 Å². The lowest BCUT2D eigenvalue weighted by Gasteiger charge is -2.09. The van der Waals surface area contributed by atoms with Crippen LogP contribution < -0.4 is 11.2 Å². The van der Waals surface area contributed by atoms with E-state index in [1.807, 2.05) is 6.92 Å². The number of hydrogen-bond donors (Lipinski definition) is 0. The van der Waals surface area contributed by atoms with Gasteiger partial charge in [-0.2, -0.15) is 5.26 Å². The van der Waals surface area contributed by atoms with Gasteiger partial charge in [0.1, 0.15) is 11.6 Å². The van der Waals surface area contributed by atoms with Crippen molar-refractivity contribution < 1.29 is 0 Å². The summed E-state index contributed by atoms with van der Waals surface area (Å²) in [5, 5.41) is 8.84. The van der Waals surface area contributed by atoms with Gasteiger partial charge in [-0.05, 0) is 13.3 Å². The molecule has 1 aromatic heterocycles. The first-order chi connectivity index (χ1) is 8.04. The molecule has 0 bridgehead atoms. The molecule has 0 radical (unpaired) electrons. The summed E-state index contributed by atoms with van der Waals surface area (Å²) >= 11 is 0. The third kappa shape index (κ3) is 2.53. The fourth-order valence-electron chi connectivity index (χ4n) is 1.43. The molecule has 0 aliphatic heterocycles. The molecule has 0 aliphatic rings. The lowest BCUT2D eigenvalue weighted by atomic mass is 10.2. The molecule has 0 atom stereocenters. The van der Waals surface area contributed by atoms with E-state index in [1.54, 1.807) is 13.0 Å². The molecule has 0 aliphatic carbocycles. The van der Waals surface area contributed by atoms with Crippen LogP contribution in [0.3, 0.4) is 0 Å². The van der Waals surface area contributed by atoms with E-state index in [4.69, 9.17) is 5.26 Å². The van der Waals surface area contributed by atoms with Crippen molar-refractivity contribution in [2.45, 2.75) is 33.4 Å². The Balaban J connectivity index is 3.47. The third-order valence-electron chi connectivity index (χ3n) is 2.58. The second-order valence-electron chi connectivity index (χ2n) is 3.72. The molecule has 0 unspecified atom stereocenters. The largest absolute Gasteiger partial charge is 0.331 e. The number of aryl methyl sites for hydroxylation is 1. The molecule has 1 aromatic rings. The summed E-state index contributed by atoms with van der Waals surface area (Å²) in [5.41, 5.74) is -0.180. The van der Waals surface area contributed by atoms with Crippen LogP contribution in [0, 0.1) is 11.3 Å². The Hall–Kier alpha value is -2.09. The van der Waals surface area contributed by atoms with Crippen LogP contribution in [0.2, 0.25) is 0 Å². The molecule has 0 saturated heterocycles. The van der Waals surface area contributed by atoms with Gasteiger partial charge in [0.05, 0.1) is 6.54 Å². The van der Waals surface area contributed by atoms with Gasteiger partial charge < -0.3 is 0 Å². The highest BCUT2D eigenvalue weighted by molar-refractivity contribution is 5.22. The third-order valence-corrected chi connectivity index (χ3v) is 2.58. The van der Waals surface area contributed by atoms with Crippen LogP contribution in [0.1, 0.15) is 25.8 Å². The number of hydrogen-bond acceptors (Lipinski definition) is 3. The number of nitriles is 1. The minimum absolute atomic E-state index is 0.0182. The maximum Gasteiger partial charge on any atom is 0.331 e. The summed E-state index contributed by atoms with van der Waals surface area (Å²) in [5.74, 6) is 0. The van der Waals surface area contributed by atoms with Crippen LogP contribution >= 0.6 is 0 Å². The predicted octanol–water partition coefficient (Wildman–Crippen LogP) is 0.868. The lowest BCUT2D eigenvalue weighted by Crippen LogP contribution is -2.41. The Bertz CT molecular complexity index is 587. The van der Waals surface area contributed by atoms with Crippen molar-refractivity contribution in [1.29, 1.82) is 5.26 Å². The number of aromatic nitrogens is 2.